The van der Waals surface area contributed by atoms with Crippen LogP contribution in [0.2, 0.25) is 0 Å². The maximum Gasteiger partial charge on any atom is 0.138 e. The average Bonchev–Trinajstić information content (AvgIpc) is 1.99. The van der Waals surface area contributed by atoms with Crippen LogP contribution in [-0.2, 0) is 4.79 Å². The first kappa shape index (κ1) is 12.7. The van der Waals surface area contributed by atoms with Crippen LogP contribution in [0.1, 0.15) is 60.3 Å². The zero-order chi connectivity index (χ0) is 10.5. The summed E-state index contributed by atoms with van der Waals surface area (Å²) in [5.41, 5.74) is -0.152. The lowest BCUT2D eigenvalue weighted by atomic mass is 9.84. The van der Waals surface area contributed by atoms with Crippen LogP contribution in [0.3, 0.4) is 0 Å². The van der Waals surface area contributed by atoms with Crippen LogP contribution >= 0.6 is 0 Å². The van der Waals surface area contributed by atoms with Gasteiger partial charge in [0, 0.05) is 11.8 Å². The summed E-state index contributed by atoms with van der Waals surface area (Å²) < 4.78 is 0. The minimum atomic E-state index is -0.152. The Kier molecular flexibility index (Phi) is 5.27. The molecular weight excluding hydrogens is 160 g/mol. The quantitative estimate of drug-likeness (QED) is 0.635. The molecule has 1 nitrogen and oxygen atoms in total. The van der Waals surface area contributed by atoms with Crippen molar-refractivity contribution in [1.82, 2.24) is 0 Å². The Labute approximate surface area is 82.9 Å². The van der Waals surface area contributed by atoms with Gasteiger partial charge >= 0.3 is 0 Å². The van der Waals surface area contributed by atoms with Crippen LogP contribution < -0.4 is 0 Å². The van der Waals surface area contributed by atoms with Gasteiger partial charge in [0.15, 0.2) is 0 Å². The molecule has 0 heterocycles. The average molecular weight is 184 g/mol. The van der Waals surface area contributed by atoms with Crippen molar-refractivity contribution in [2.45, 2.75) is 60.3 Å². The van der Waals surface area contributed by atoms with E-state index in [4.69, 9.17) is 0 Å². The maximum absolute atomic E-state index is 11.6. The number of rotatable bonds is 5. The van der Waals surface area contributed by atoms with Gasteiger partial charge in [-0.15, -0.1) is 0 Å². The molecule has 1 heteroatoms. The predicted molar refractivity (Wildman–Crippen MR) is 57.8 cm³/mol. The highest BCUT2D eigenvalue weighted by molar-refractivity contribution is 5.83. The molecule has 0 fully saturated rings. The Morgan fingerprint density at radius 1 is 1.31 bits per heavy atom. The summed E-state index contributed by atoms with van der Waals surface area (Å²) in [4.78, 5) is 11.6. The van der Waals surface area contributed by atoms with Gasteiger partial charge in [0.25, 0.3) is 0 Å². The first-order valence-electron chi connectivity index (χ1n) is 5.41. The van der Waals surface area contributed by atoms with E-state index in [-0.39, 0.29) is 5.41 Å². The van der Waals surface area contributed by atoms with Crippen molar-refractivity contribution in [1.29, 1.82) is 0 Å². The lowest BCUT2D eigenvalue weighted by molar-refractivity contribution is -0.127. The van der Waals surface area contributed by atoms with E-state index in [1.54, 1.807) is 0 Å². The van der Waals surface area contributed by atoms with Crippen molar-refractivity contribution < 1.29 is 4.79 Å². The van der Waals surface area contributed by atoms with Gasteiger partial charge in [0.2, 0.25) is 0 Å². The van der Waals surface area contributed by atoms with Crippen molar-refractivity contribution in [3.8, 4) is 0 Å². The highest BCUT2D eigenvalue weighted by atomic mass is 16.1. The van der Waals surface area contributed by atoms with E-state index in [0.29, 0.717) is 11.7 Å². The predicted octanol–water partition coefficient (Wildman–Crippen LogP) is 3.82. The normalized spacial score (nSPS) is 14.2. The van der Waals surface area contributed by atoms with Crippen molar-refractivity contribution in [2.24, 2.45) is 11.3 Å². The van der Waals surface area contributed by atoms with Crippen LogP contribution in [-0.4, -0.2) is 5.78 Å². The van der Waals surface area contributed by atoms with E-state index < -0.39 is 0 Å². The molecule has 0 spiro atoms. The first-order chi connectivity index (χ1) is 5.88. The second-order valence-electron chi connectivity index (χ2n) is 5.12. The standard InChI is InChI=1S/C12H24O/c1-6-7-8-10(2)9-11(13)12(3,4)5/h10H,6-9H2,1-5H3. The molecule has 0 N–H and O–H groups in total. The van der Waals surface area contributed by atoms with Crippen molar-refractivity contribution in [2.75, 3.05) is 0 Å². The fraction of sp³-hybridized carbons (Fsp3) is 0.917. The highest BCUT2D eigenvalue weighted by Gasteiger charge is 2.22. The number of Topliss-reactive ketones (excluding diaryl/α,β-unsaturated/α-hetero) is 1. The van der Waals surface area contributed by atoms with Gasteiger partial charge in [-0.05, 0) is 5.92 Å². The molecule has 0 aliphatic carbocycles. The lowest BCUT2D eigenvalue weighted by Crippen LogP contribution is -2.22. The van der Waals surface area contributed by atoms with Gasteiger partial charge in [-0.25, -0.2) is 0 Å². The summed E-state index contributed by atoms with van der Waals surface area (Å²) >= 11 is 0. The second kappa shape index (κ2) is 5.41. The van der Waals surface area contributed by atoms with E-state index in [0.717, 1.165) is 6.42 Å². The molecule has 0 saturated carbocycles. The number of carbonyl (C=O) groups is 1. The monoisotopic (exact) mass is 184 g/mol. The third kappa shape index (κ3) is 5.84. The van der Waals surface area contributed by atoms with E-state index in [1.165, 1.54) is 19.3 Å². The fourth-order valence-corrected chi connectivity index (χ4v) is 1.28. The van der Waals surface area contributed by atoms with E-state index in [9.17, 15) is 4.79 Å². The molecule has 1 atom stereocenters. The molecule has 1 unspecified atom stereocenters. The molecule has 0 aromatic carbocycles. The molecular formula is C12H24O. The van der Waals surface area contributed by atoms with Crippen molar-refractivity contribution >= 4 is 5.78 Å². The van der Waals surface area contributed by atoms with Gasteiger partial charge in [0.1, 0.15) is 5.78 Å². The Hall–Kier alpha value is -0.330. The molecule has 78 valence electrons. The topological polar surface area (TPSA) is 17.1 Å². The summed E-state index contributed by atoms with van der Waals surface area (Å²) in [5.74, 6) is 0.961. The maximum atomic E-state index is 11.6. The number of unbranched alkanes of at least 4 members (excludes halogenated alkanes) is 1. The molecule has 0 aromatic heterocycles. The molecule has 0 aliphatic rings. The Morgan fingerprint density at radius 3 is 2.23 bits per heavy atom. The lowest BCUT2D eigenvalue weighted by Gasteiger charge is -2.19. The van der Waals surface area contributed by atoms with Crippen molar-refractivity contribution in [3.63, 3.8) is 0 Å². The largest absolute Gasteiger partial charge is 0.299 e. The molecule has 0 aromatic rings. The van der Waals surface area contributed by atoms with Gasteiger partial charge in [0.05, 0.1) is 0 Å². The van der Waals surface area contributed by atoms with Crippen LogP contribution in [0.5, 0.6) is 0 Å². The van der Waals surface area contributed by atoms with E-state index in [1.807, 2.05) is 20.8 Å². The van der Waals surface area contributed by atoms with Gasteiger partial charge in [-0.1, -0.05) is 53.9 Å². The van der Waals surface area contributed by atoms with E-state index >= 15 is 0 Å². The number of hydrogen-bond donors (Lipinski definition) is 0. The molecule has 0 rings (SSSR count). The van der Waals surface area contributed by atoms with Crippen molar-refractivity contribution in [3.05, 3.63) is 0 Å². The van der Waals surface area contributed by atoms with Gasteiger partial charge < -0.3 is 0 Å². The Bertz CT molecular complexity index is 153. The number of carbonyl (C=O) groups excluding carboxylic acids is 1. The third-order valence-corrected chi connectivity index (χ3v) is 2.42. The summed E-state index contributed by atoms with van der Waals surface area (Å²) in [7, 11) is 0. The van der Waals surface area contributed by atoms with Gasteiger partial charge in [-0.2, -0.15) is 0 Å². The molecule has 0 amide bonds. The summed E-state index contributed by atoms with van der Waals surface area (Å²) in [6.07, 6.45) is 4.43. The fourth-order valence-electron chi connectivity index (χ4n) is 1.28. The van der Waals surface area contributed by atoms with E-state index in [2.05, 4.69) is 13.8 Å². The summed E-state index contributed by atoms with van der Waals surface area (Å²) in [6.45, 7) is 10.4. The van der Waals surface area contributed by atoms with Crippen LogP contribution in [0.15, 0.2) is 0 Å². The molecule has 0 bridgehead atoms. The highest BCUT2D eigenvalue weighted by Crippen LogP contribution is 2.22. The molecule has 0 aliphatic heterocycles. The first-order valence-corrected chi connectivity index (χ1v) is 5.41. The Morgan fingerprint density at radius 2 is 1.85 bits per heavy atom. The number of ketones is 1. The van der Waals surface area contributed by atoms with Crippen LogP contribution in [0.4, 0.5) is 0 Å². The van der Waals surface area contributed by atoms with Crippen LogP contribution in [0.25, 0.3) is 0 Å². The molecule has 0 saturated heterocycles. The minimum Gasteiger partial charge on any atom is -0.299 e. The van der Waals surface area contributed by atoms with Gasteiger partial charge in [-0.3, -0.25) is 4.79 Å². The molecule has 0 radical (unpaired) electrons. The SMILES string of the molecule is CCCCC(C)CC(=O)C(C)(C)C. The zero-order valence-corrected chi connectivity index (χ0v) is 9.81. The number of hydrogen-bond acceptors (Lipinski definition) is 1. The second-order valence-corrected chi connectivity index (χ2v) is 5.12. The van der Waals surface area contributed by atoms with Crippen LogP contribution in [0, 0.1) is 11.3 Å². The minimum absolute atomic E-state index is 0.152. The third-order valence-electron chi connectivity index (χ3n) is 2.42. The summed E-state index contributed by atoms with van der Waals surface area (Å²) in [6, 6.07) is 0. The summed E-state index contributed by atoms with van der Waals surface area (Å²) in [5, 5.41) is 0. The Balaban J connectivity index is 3.79. The molecule has 13 heavy (non-hydrogen) atoms. The smallest absolute Gasteiger partial charge is 0.138 e. The zero-order valence-electron chi connectivity index (χ0n) is 9.81.